The van der Waals surface area contributed by atoms with Crippen LogP contribution in [0.5, 0.6) is 5.75 Å². The van der Waals surface area contributed by atoms with E-state index >= 15 is 0 Å². The molecule has 3 rings (SSSR count). The van der Waals surface area contributed by atoms with Gasteiger partial charge in [-0.1, -0.05) is 12.1 Å². The third-order valence-electron chi connectivity index (χ3n) is 3.80. The summed E-state index contributed by atoms with van der Waals surface area (Å²) in [6.07, 6.45) is 0. The smallest absolute Gasteiger partial charge is 0.272 e. The fraction of sp³-hybridized carbons (Fsp3) is 0.158. The quantitative estimate of drug-likeness (QED) is 0.776. The monoisotopic (exact) mass is 339 g/mol. The Balaban J connectivity index is 1.72. The van der Waals surface area contributed by atoms with E-state index in [0.29, 0.717) is 12.2 Å². The number of benzene rings is 2. The highest BCUT2D eigenvalue weighted by Crippen LogP contribution is 2.17. The first kappa shape index (κ1) is 16.7. The summed E-state index contributed by atoms with van der Waals surface area (Å²) in [5.41, 5.74) is 2.84. The normalized spacial score (nSPS) is 10.5. The van der Waals surface area contributed by atoms with Crippen LogP contribution in [0, 0.1) is 12.7 Å². The van der Waals surface area contributed by atoms with Crippen LogP contribution in [0.25, 0.3) is 5.69 Å². The number of nitrogens with one attached hydrogen (secondary N) is 1. The van der Waals surface area contributed by atoms with E-state index in [-0.39, 0.29) is 11.7 Å². The molecule has 0 unspecified atom stereocenters. The summed E-state index contributed by atoms with van der Waals surface area (Å²) in [5.74, 6) is 0.175. The van der Waals surface area contributed by atoms with Gasteiger partial charge in [0.2, 0.25) is 0 Å². The summed E-state index contributed by atoms with van der Waals surface area (Å²) in [5, 5.41) is 7.15. The topological polar surface area (TPSA) is 56.2 Å². The van der Waals surface area contributed by atoms with Crippen LogP contribution in [0.1, 0.15) is 21.7 Å². The molecule has 3 aromatic rings. The molecular formula is C19H18FN3O2. The number of carbonyl (C=O) groups is 1. The molecule has 2 aromatic carbocycles. The van der Waals surface area contributed by atoms with Gasteiger partial charge in [-0.05, 0) is 55.0 Å². The van der Waals surface area contributed by atoms with Crippen LogP contribution >= 0.6 is 0 Å². The molecule has 1 aromatic heterocycles. The molecule has 0 radical (unpaired) electrons. The average Bonchev–Trinajstić information content (AvgIpc) is 3.03. The Morgan fingerprint density at radius 1 is 1.16 bits per heavy atom. The van der Waals surface area contributed by atoms with E-state index in [2.05, 4.69) is 10.4 Å². The molecule has 1 heterocycles. The summed E-state index contributed by atoms with van der Waals surface area (Å²) in [4.78, 5) is 12.3. The van der Waals surface area contributed by atoms with Crippen LogP contribution in [0.4, 0.5) is 4.39 Å². The Kier molecular flexibility index (Phi) is 4.79. The highest BCUT2D eigenvalue weighted by Gasteiger charge is 2.13. The number of rotatable bonds is 5. The summed E-state index contributed by atoms with van der Waals surface area (Å²) < 4.78 is 19.7. The van der Waals surface area contributed by atoms with Crippen molar-refractivity contribution in [2.24, 2.45) is 0 Å². The fourth-order valence-electron chi connectivity index (χ4n) is 2.45. The molecule has 0 fully saturated rings. The molecule has 1 amide bonds. The van der Waals surface area contributed by atoms with Gasteiger partial charge in [0, 0.05) is 12.2 Å². The predicted octanol–water partition coefficient (Wildman–Crippen LogP) is 3.26. The van der Waals surface area contributed by atoms with Crippen molar-refractivity contribution in [3.8, 4) is 11.4 Å². The van der Waals surface area contributed by atoms with Gasteiger partial charge in [-0.2, -0.15) is 5.10 Å². The molecule has 0 aliphatic heterocycles. The minimum absolute atomic E-state index is 0.278. The third kappa shape index (κ3) is 3.85. The van der Waals surface area contributed by atoms with Crippen LogP contribution in [-0.4, -0.2) is 22.8 Å². The van der Waals surface area contributed by atoms with Crippen molar-refractivity contribution in [2.75, 3.05) is 7.11 Å². The number of hydrogen-bond acceptors (Lipinski definition) is 3. The lowest BCUT2D eigenvalue weighted by Gasteiger charge is -2.06. The van der Waals surface area contributed by atoms with Crippen molar-refractivity contribution in [3.63, 3.8) is 0 Å². The molecule has 0 saturated carbocycles. The van der Waals surface area contributed by atoms with Gasteiger partial charge in [0.1, 0.15) is 11.6 Å². The summed E-state index contributed by atoms with van der Waals surface area (Å²) >= 11 is 0. The van der Waals surface area contributed by atoms with Gasteiger partial charge in [-0.15, -0.1) is 0 Å². The lowest BCUT2D eigenvalue weighted by molar-refractivity contribution is 0.0945. The van der Waals surface area contributed by atoms with E-state index in [1.165, 1.54) is 12.1 Å². The zero-order chi connectivity index (χ0) is 17.8. The van der Waals surface area contributed by atoms with E-state index < -0.39 is 0 Å². The lowest BCUT2D eigenvalue weighted by Crippen LogP contribution is -2.23. The number of methoxy groups -OCH3 is 1. The van der Waals surface area contributed by atoms with Crippen molar-refractivity contribution < 1.29 is 13.9 Å². The van der Waals surface area contributed by atoms with Crippen molar-refractivity contribution in [2.45, 2.75) is 13.5 Å². The van der Waals surface area contributed by atoms with Crippen molar-refractivity contribution in [3.05, 3.63) is 77.4 Å². The Bertz CT molecular complexity index is 871. The van der Waals surface area contributed by atoms with Crippen molar-refractivity contribution in [1.82, 2.24) is 15.1 Å². The number of nitrogens with zero attached hydrogens (tertiary/aromatic N) is 2. The molecule has 0 aliphatic carbocycles. The maximum atomic E-state index is 12.9. The number of aryl methyl sites for hydroxylation is 1. The van der Waals surface area contributed by atoms with Crippen LogP contribution in [-0.2, 0) is 6.54 Å². The molecule has 0 saturated heterocycles. The first-order chi connectivity index (χ1) is 12.1. The summed E-state index contributed by atoms with van der Waals surface area (Å²) in [7, 11) is 1.61. The number of carbonyl (C=O) groups excluding carboxylic acids is 1. The minimum Gasteiger partial charge on any atom is -0.497 e. The molecule has 5 nitrogen and oxygen atoms in total. The zero-order valence-corrected chi connectivity index (χ0v) is 14.0. The third-order valence-corrected chi connectivity index (χ3v) is 3.80. The molecule has 128 valence electrons. The fourth-order valence-corrected chi connectivity index (χ4v) is 2.45. The zero-order valence-electron chi connectivity index (χ0n) is 14.0. The number of halogens is 1. The Morgan fingerprint density at radius 2 is 1.84 bits per heavy atom. The van der Waals surface area contributed by atoms with E-state index in [0.717, 1.165) is 22.7 Å². The molecule has 0 aliphatic rings. The number of amides is 1. The first-order valence-corrected chi connectivity index (χ1v) is 7.80. The maximum absolute atomic E-state index is 12.9. The van der Waals surface area contributed by atoms with Crippen LogP contribution in [0.2, 0.25) is 0 Å². The van der Waals surface area contributed by atoms with Gasteiger partial charge >= 0.3 is 0 Å². The summed E-state index contributed by atoms with van der Waals surface area (Å²) in [6, 6.07) is 15.2. The summed E-state index contributed by atoms with van der Waals surface area (Å²) in [6.45, 7) is 2.20. The Morgan fingerprint density at radius 3 is 2.48 bits per heavy atom. The number of hydrogen-bond donors (Lipinski definition) is 1. The Hall–Kier alpha value is -3.15. The van der Waals surface area contributed by atoms with Crippen LogP contribution < -0.4 is 10.1 Å². The van der Waals surface area contributed by atoms with Crippen LogP contribution in [0.3, 0.4) is 0 Å². The molecule has 0 bridgehead atoms. The molecule has 0 spiro atoms. The highest BCUT2D eigenvalue weighted by atomic mass is 19.1. The molecule has 0 atom stereocenters. The number of aromatic nitrogens is 2. The Labute approximate surface area is 145 Å². The van der Waals surface area contributed by atoms with E-state index in [9.17, 15) is 9.18 Å². The average molecular weight is 339 g/mol. The first-order valence-electron chi connectivity index (χ1n) is 7.80. The number of ether oxygens (including phenoxy) is 1. The second-order valence-corrected chi connectivity index (χ2v) is 5.59. The van der Waals surface area contributed by atoms with Crippen LogP contribution in [0.15, 0.2) is 54.6 Å². The van der Waals surface area contributed by atoms with E-state index in [1.54, 1.807) is 30.0 Å². The van der Waals surface area contributed by atoms with Gasteiger partial charge in [0.05, 0.1) is 12.8 Å². The van der Waals surface area contributed by atoms with Crippen molar-refractivity contribution in [1.29, 1.82) is 0 Å². The lowest BCUT2D eigenvalue weighted by atomic mass is 10.2. The highest BCUT2D eigenvalue weighted by molar-refractivity contribution is 5.92. The standard InChI is InChI=1S/C19H18FN3O2/c1-13-11-18(19(24)21-12-14-3-5-15(20)6-4-14)22-23(13)16-7-9-17(25-2)10-8-16/h3-11H,12H2,1-2H3,(H,21,24). The van der Waals surface area contributed by atoms with Crippen molar-refractivity contribution >= 4 is 5.91 Å². The second kappa shape index (κ2) is 7.17. The van der Waals surface area contributed by atoms with Gasteiger partial charge in [-0.25, -0.2) is 9.07 Å². The van der Waals surface area contributed by atoms with Gasteiger partial charge < -0.3 is 10.1 Å². The maximum Gasteiger partial charge on any atom is 0.272 e. The largest absolute Gasteiger partial charge is 0.497 e. The molecule has 6 heteroatoms. The molecular weight excluding hydrogens is 321 g/mol. The SMILES string of the molecule is COc1ccc(-n2nc(C(=O)NCc3ccc(F)cc3)cc2C)cc1. The predicted molar refractivity (Wildman–Crippen MR) is 92.4 cm³/mol. The van der Waals surface area contributed by atoms with Gasteiger partial charge in [0.25, 0.3) is 5.91 Å². The van der Waals surface area contributed by atoms with E-state index in [1.807, 2.05) is 31.2 Å². The van der Waals surface area contributed by atoms with E-state index in [4.69, 9.17) is 4.74 Å². The molecule has 25 heavy (non-hydrogen) atoms. The van der Waals surface area contributed by atoms with Gasteiger partial charge in [-0.3, -0.25) is 4.79 Å². The molecule has 1 N–H and O–H groups in total. The van der Waals surface area contributed by atoms with Gasteiger partial charge in [0.15, 0.2) is 5.69 Å². The second-order valence-electron chi connectivity index (χ2n) is 5.59. The minimum atomic E-state index is -0.302.